The molecule has 1 aromatic rings. The maximum atomic E-state index is 12.3. The van der Waals surface area contributed by atoms with E-state index < -0.39 is 10.0 Å². The van der Waals surface area contributed by atoms with Gasteiger partial charge in [0.15, 0.2) is 0 Å². The number of nitrogens with one attached hydrogen (secondary N) is 1. The highest BCUT2D eigenvalue weighted by atomic mass is 35.5. The molecule has 23 heavy (non-hydrogen) atoms. The Hall–Kier alpha value is -0.860. The van der Waals surface area contributed by atoms with Crippen molar-refractivity contribution in [1.82, 2.24) is 4.72 Å². The van der Waals surface area contributed by atoms with E-state index >= 15 is 0 Å². The number of rotatable bonds is 10. The van der Waals surface area contributed by atoms with Crippen molar-refractivity contribution in [2.24, 2.45) is 11.7 Å². The number of hydrogen-bond acceptors (Lipinski definition) is 5. The lowest BCUT2D eigenvalue weighted by Gasteiger charge is -2.16. The number of ether oxygens (including phenoxy) is 2. The minimum Gasteiger partial charge on any atom is -0.491 e. The van der Waals surface area contributed by atoms with Gasteiger partial charge in [-0.3, -0.25) is 0 Å². The van der Waals surface area contributed by atoms with Crippen molar-refractivity contribution in [2.75, 3.05) is 26.4 Å². The third kappa shape index (κ3) is 6.27. The summed E-state index contributed by atoms with van der Waals surface area (Å²) in [6.07, 6.45) is 2.08. The first-order valence-electron chi connectivity index (χ1n) is 7.60. The second kappa shape index (κ2) is 9.44. The molecule has 6 nitrogen and oxygen atoms in total. The first-order valence-corrected chi connectivity index (χ1v) is 9.08. The van der Waals surface area contributed by atoms with Crippen molar-refractivity contribution in [3.63, 3.8) is 0 Å². The lowest BCUT2D eigenvalue weighted by Crippen LogP contribution is -2.41. The van der Waals surface area contributed by atoms with Gasteiger partial charge in [0.25, 0.3) is 0 Å². The van der Waals surface area contributed by atoms with Crippen molar-refractivity contribution >= 4 is 22.4 Å². The van der Waals surface area contributed by atoms with E-state index in [-0.39, 0.29) is 23.3 Å². The second-order valence-electron chi connectivity index (χ2n) is 5.32. The molecule has 3 N–H and O–H groups in total. The monoisotopic (exact) mass is 364 g/mol. The van der Waals surface area contributed by atoms with E-state index in [1.165, 1.54) is 0 Å². The van der Waals surface area contributed by atoms with Crippen LogP contribution in [0.5, 0.6) is 5.75 Å². The van der Waals surface area contributed by atoms with E-state index in [2.05, 4.69) is 4.72 Å². The molecule has 1 aliphatic rings. The average Bonchev–Trinajstić information content (AvgIpc) is 3.34. The Bertz CT molecular complexity index is 561. The van der Waals surface area contributed by atoms with Crippen molar-refractivity contribution < 1.29 is 17.9 Å². The first kappa shape index (κ1) is 20.2. The number of hydrogen-bond donors (Lipinski definition) is 2. The van der Waals surface area contributed by atoms with Gasteiger partial charge in [0.05, 0.1) is 11.5 Å². The lowest BCUT2D eigenvalue weighted by atomic mass is 10.2. The summed E-state index contributed by atoms with van der Waals surface area (Å²) in [6, 6.07) is 6.20. The summed E-state index contributed by atoms with van der Waals surface area (Å²) < 4.78 is 38.0. The molecule has 0 aliphatic heterocycles. The quantitative estimate of drug-likeness (QED) is 0.614. The van der Waals surface area contributed by atoms with Gasteiger partial charge >= 0.3 is 0 Å². The maximum Gasteiger partial charge on any atom is 0.240 e. The maximum absolute atomic E-state index is 12.3. The van der Waals surface area contributed by atoms with Gasteiger partial charge in [0.1, 0.15) is 12.4 Å². The van der Waals surface area contributed by atoms with Crippen LogP contribution in [0.3, 0.4) is 0 Å². The molecule has 1 unspecified atom stereocenters. The van der Waals surface area contributed by atoms with E-state index in [1.54, 1.807) is 24.3 Å². The molecule has 0 radical (unpaired) electrons. The van der Waals surface area contributed by atoms with Crippen LogP contribution in [0.2, 0.25) is 0 Å². The fourth-order valence-electron chi connectivity index (χ4n) is 2.18. The molecule has 0 amide bonds. The van der Waals surface area contributed by atoms with E-state index in [0.29, 0.717) is 38.0 Å². The molecule has 0 aromatic heterocycles. The van der Waals surface area contributed by atoms with Crippen LogP contribution in [0.25, 0.3) is 0 Å². The zero-order valence-corrected chi connectivity index (χ0v) is 14.9. The summed E-state index contributed by atoms with van der Waals surface area (Å²) in [5, 5.41) is 0. The third-order valence-corrected chi connectivity index (χ3v) is 5.09. The van der Waals surface area contributed by atoms with Crippen LogP contribution >= 0.6 is 12.4 Å². The van der Waals surface area contributed by atoms with Crippen LogP contribution in [0.1, 0.15) is 19.8 Å². The Labute approximate surface area is 144 Å². The Morgan fingerprint density at radius 1 is 1.26 bits per heavy atom. The SMILES string of the molecule is CCOCCOc1ccc(S(=O)(=O)NC(CN)C2CC2)cc1.Cl. The summed E-state index contributed by atoms with van der Waals surface area (Å²) in [5.74, 6) is 0.997. The van der Waals surface area contributed by atoms with Gasteiger partial charge in [-0.25, -0.2) is 13.1 Å². The Kier molecular flexibility index (Phi) is 8.28. The highest BCUT2D eigenvalue weighted by Crippen LogP contribution is 2.33. The molecular weight excluding hydrogens is 340 g/mol. The van der Waals surface area contributed by atoms with Crippen LogP contribution in [-0.2, 0) is 14.8 Å². The highest BCUT2D eigenvalue weighted by Gasteiger charge is 2.33. The topological polar surface area (TPSA) is 90.6 Å². The highest BCUT2D eigenvalue weighted by molar-refractivity contribution is 7.89. The molecule has 1 atom stereocenters. The third-order valence-electron chi connectivity index (χ3n) is 3.59. The molecule has 0 heterocycles. The molecular formula is C15H25ClN2O4S. The summed E-state index contributed by atoms with van der Waals surface area (Å²) >= 11 is 0. The second-order valence-corrected chi connectivity index (χ2v) is 7.03. The van der Waals surface area contributed by atoms with Crippen LogP contribution in [0.15, 0.2) is 29.2 Å². The summed E-state index contributed by atoms with van der Waals surface area (Å²) in [5.41, 5.74) is 5.64. The summed E-state index contributed by atoms with van der Waals surface area (Å²) in [6.45, 7) is 3.84. The van der Waals surface area contributed by atoms with Gasteiger partial charge in [-0.05, 0) is 49.9 Å². The molecule has 1 saturated carbocycles. The van der Waals surface area contributed by atoms with Crippen molar-refractivity contribution in [3.8, 4) is 5.75 Å². The molecule has 2 rings (SSSR count). The zero-order chi connectivity index (χ0) is 16.0. The van der Waals surface area contributed by atoms with Gasteiger partial charge in [-0.2, -0.15) is 0 Å². The number of sulfonamides is 1. The fourth-order valence-corrected chi connectivity index (χ4v) is 3.50. The average molecular weight is 365 g/mol. The molecule has 0 spiro atoms. The summed E-state index contributed by atoms with van der Waals surface area (Å²) in [4.78, 5) is 0.226. The van der Waals surface area contributed by atoms with E-state index in [4.69, 9.17) is 15.2 Å². The van der Waals surface area contributed by atoms with Gasteiger partial charge in [-0.1, -0.05) is 0 Å². The van der Waals surface area contributed by atoms with Crippen molar-refractivity contribution in [1.29, 1.82) is 0 Å². The Balaban J connectivity index is 0.00000264. The number of benzene rings is 1. The van der Waals surface area contributed by atoms with Crippen LogP contribution in [0.4, 0.5) is 0 Å². The molecule has 0 saturated heterocycles. The van der Waals surface area contributed by atoms with Crippen LogP contribution in [0, 0.1) is 5.92 Å². The largest absolute Gasteiger partial charge is 0.491 e. The molecule has 8 heteroatoms. The molecule has 1 aromatic carbocycles. The number of nitrogens with two attached hydrogens (primary N) is 1. The lowest BCUT2D eigenvalue weighted by molar-refractivity contribution is 0.110. The predicted octanol–water partition coefficient (Wildman–Crippen LogP) is 1.54. The fraction of sp³-hybridized carbons (Fsp3) is 0.600. The smallest absolute Gasteiger partial charge is 0.240 e. The molecule has 1 aliphatic carbocycles. The Morgan fingerprint density at radius 2 is 1.91 bits per heavy atom. The molecule has 132 valence electrons. The van der Waals surface area contributed by atoms with E-state index in [0.717, 1.165) is 12.8 Å². The zero-order valence-electron chi connectivity index (χ0n) is 13.2. The molecule has 0 bridgehead atoms. The van der Waals surface area contributed by atoms with Gasteiger partial charge in [0.2, 0.25) is 10.0 Å². The van der Waals surface area contributed by atoms with Gasteiger partial charge in [-0.15, -0.1) is 12.4 Å². The first-order chi connectivity index (χ1) is 10.6. The standard InChI is InChI=1S/C15H24N2O4S.ClH/c1-2-20-9-10-21-13-5-7-14(8-6-13)22(18,19)17-15(11-16)12-3-4-12;/h5-8,12,15,17H,2-4,9-11,16H2,1H3;1H. The normalized spacial score (nSPS) is 15.7. The Morgan fingerprint density at radius 3 is 2.43 bits per heavy atom. The van der Waals surface area contributed by atoms with Crippen LogP contribution in [-0.4, -0.2) is 40.8 Å². The summed E-state index contributed by atoms with van der Waals surface area (Å²) in [7, 11) is -3.53. The molecule has 1 fully saturated rings. The van der Waals surface area contributed by atoms with E-state index in [1.807, 2.05) is 6.92 Å². The van der Waals surface area contributed by atoms with Gasteiger partial charge < -0.3 is 15.2 Å². The van der Waals surface area contributed by atoms with Crippen molar-refractivity contribution in [3.05, 3.63) is 24.3 Å². The van der Waals surface area contributed by atoms with Gasteiger partial charge in [0, 0.05) is 19.2 Å². The minimum absolute atomic E-state index is 0. The van der Waals surface area contributed by atoms with Crippen LogP contribution < -0.4 is 15.2 Å². The van der Waals surface area contributed by atoms with Crippen molar-refractivity contribution in [2.45, 2.75) is 30.7 Å². The number of halogens is 1. The van der Waals surface area contributed by atoms with E-state index in [9.17, 15) is 8.42 Å². The predicted molar refractivity (Wildman–Crippen MR) is 91.6 cm³/mol. The minimum atomic E-state index is -3.53.